The van der Waals surface area contributed by atoms with Gasteiger partial charge in [0.2, 0.25) is 0 Å². The molecule has 2 aliphatic rings. The maximum atomic E-state index is 13.4. The molecule has 0 saturated carbocycles. The summed E-state index contributed by atoms with van der Waals surface area (Å²) in [6.07, 6.45) is -0.0450. The van der Waals surface area contributed by atoms with Crippen LogP contribution in [0.4, 0.5) is 17.1 Å². The van der Waals surface area contributed by atoms with Crippen LogP contribution in [0.25, 0.3) is 0 Å². The summed E-state index contributed by atoms with van der Waals surface area (Å²) in [5, 5.41) is 32.2. The number of nitrogens with zero attached hydrogens (tertiary/aromatic N) is 3. The first kappa shape index (κ1) is 18.7. The molecule has 0 radical (unpaired) electrons. The van der Waals surface area contributed by atoms with E-state index in [0.29, 0.717) is 17.7 Å². The van der Waals surface area contributed by atoms with Crippen molar-refractivity contribution in [3.05, 3.63) is 88.0 Å². The molecule has 9 heteroatoms. The molecule has 0 spiro atoms. The number of phenols is 2. The van der Waals surface area contributed by atoms with Crippen LogP contribution in [-0.4, -0.2) is 32.1 Å². The molecule has 3 N–H and O–H groups in total. The Morgan fingerprint density at radius 3 is 2.45 bits per heavy atom. The van der Waals surface area contributed by atoms with E-state index in [2.05, 4.69) is 5.43 Å². The maximum Gasteiger partial charge on any atom is 0.269 e. The van der Waals surface area contributed by atoms with Gasteiger partial charge in [0.05, 0.1) is 10.6 Å². The monoisotopic (exact) mass is 418 g/mol. The number of hydrogen-bond acceptors (Lipinski definition) is 7. The molecule has 0 unspecified atom stereocenters. The number of nitro benzene ring substituents is 1. The second kappa shape index (κ2) is 6.91. The topological polar surface area (TPSA) is 119 Å². The zero-order valence-electron chi connectivity index (χ0n) is 16.2. The Hall–Kier alpha value is -4.27. The Bertz CT molecular complexity index is 1200. The Morgan fingerprint density at radius 1 is 1.00 bits per heavy atom. The van der Waals surface area contributed by atoms with Crippen LogP contribution in [0.2, 0.25) is 0 Å². The Kier molecular flexibility index (Phi) is 4.18. The predicted molar refractivity (Wildman–Crippen MR) is 112 cm³/mol. The van der Waals surface area contributed by atoms with Crippen molar-refractivity contribution in [2.75, 3.05) is 10.3 Å². The number of rotatable bonds is 4. The van der Waals surface area contributed by atoms with E-state index in [-0.39, 0.29) is 23.1 Å². The van der Waals surface area contributed by atoms with Crippen molar-refractivity contribution in [1.82, 2.24) is 5.01 Å². The largest absolute Gasteiger partial charge is 0.504 e. The highest BCUT2D eigenvalue weighted by molar-refractivity contribution is 5.93. The van der Waals surface area contributed by atoms with E-state index < -0.39 is 17.1 Å². The fraction of sp³-hybridized carbons (Fsp3) is 0.136. The van der Waals surface area contributed by atoms with Crippen molar-refractivity contribution < 1.29 is 19.9 Å². The minimum Gasteiger partial charge on any atom is -0.504 e. The van der Waals surface area contributed by atoms with Gasteiger partial charge in [-0.2, -0.15) is 0 Å². The van der Waals surface area contributed by atoms with E-state index in [1.54, 1.807) is 6.07 Å². The number of carbonyl (C=O) groups excluding carboxylic acids is 1. The summed E-state index contributed by atoms with van der Waals surface area (Å²) in [6, 6.07) is 17.6. The molecule has 0 aromatic heterocycles. The highest BCUT2D eigenvalue weighted by Gasteiger charge is 2.51. The van der Waals surface area contributed by atoms with Gasteiger partial charge in [-0.1, -0.05) is 24.3 Å². The number of carbonyl (C=O) groups is 1. The number of hydrazine groups is 1. The van der Waals surface area contributed by atoms with Crippen molar-refractivity contribution in [2.24, 2.45) is 0 Å². The summed E-state index contributed by atoms with van der Waals surface area (Å²) >= 11 is 0. The summed E-state index contributed by atoms with van der Waals surface area (Å²) < 4.78 is 0. The van der Waals surface area contributed by atoms with Crippen LogP contribution in [-0.2, 0) is 11.2 Å². The molecule has 1 saturated heterocycles. The summed E-state index contributed by atoms with van der Waals surface area (Å²) in [6.45, 7) is 0. The molecule has 2 aliphatic heterocycles. The molecule has 9 nitrogen and oxygen atoms in total. The van der Waals surface area contributed by atoms with E-state index in [0.717, 1.165) is 11.3 Å². The number of nitro groups is 1. The van der Waals surface area contributed by atoms with Crippen LogP contribution in [0.3, 0.4) is 0 Å². The minimum absolute atomic E-state index is 0.0483. The van der Waals surface area contributed by atoms with E-state index in [1.165, 1.54) is 41.4 Å². The number of benzene rings is 3. The van der Waals surface area contributed by atoms with Gasteiger partial charge in [-0.05, 0) is 35.9 Å². The summed E-state index contributed by atoms with van der Waals surface area (Å²) in [5.41, 5.74) is 6.13. The number of non-ortho nitro benzene ring substituents is 1. The van der Waals surface area contributed by atoms with Gasteiger partial charge in [0.1, 0.15) is 6.04 Å². The van der Waals surface area contributed by atoms with Gasteiger partial charge in [-0.15, -0.1) is 0 Å². The van der Waals surface area contributed by atoms with Gasteiger partial charge in [0.25, 0.3) is 11.6 Å². The van der Waals surface area contributed by atoms with Crippen molar-refractivity contribution in [1.29, 1.82) is 0 Å². The second-order valence-corrected chi connectivity index (χ2v) is 7.50. The molecule has 3 aromatic carbocycles. The van der Waals surface area contributed by atoms with Crippen molar-refractivity contribution in [2.45, 2.75) is 18.6 Å². The molecule has 2 atom stereocenters. The first-order valence-corrected chi connectivity index (χ1v) is 9.66. The van der Waals surface area contributed by atoms with Gasteiger partial charge in [0.15, 0.2) is 17.7 Å². The van der Waals surface area contributed by atoms with Crippen molar-refractivity contribution in [3.8, 4) is 11.5 Å². The normalized spacial score (nSPS) is 19.3. The van der Waals surface area contributed by atoms with Crippen LogP contribution in [0.1, 0.15) is 17.3 Å². The summed E-state index contributed by atoms with van der Waals surface area (Å²) in [5.74, 6) is -0.690. The Labute approximate surface area is 176 Å². The van der Waals surface area contributed by atoms with E-state index >= 15 is 0 Å². The van der Waals surface area contributed by atoms with Crippen molar-refractivity contribution >= 4 is 23.0 Å². The fourth-order valence-corrected chi connectivity index (χ4v) is 4.25. The SMILES string of the molecule is O=C1[C@@H]2Cc3ccccc3N2[C@@H](c2ccc(O)c(O)c2)N1Nc1ccc([N+](=O)[O-])cc1. The van der Waals surface area contributed by atoms with Crippen molar-refractivity contribution in [3.63, 3.8) is 0 Å². The molecule has 156 valence electrons. The standard InChI is InChI=1S/C22H18N4O5/c27-19-10-5-14(12-20(19)28)21-24-17-4-2-1-3-13(17)11-18(24)22(29)25(21)23-15-6-8-16(9-7-15)26(30)31/h1-10,12,18,21,23,27-28H,11H2/t18-,21+/m0/s1. The molecular formula is C22H18N4O5. The molecule has 2 heterocycles. The number of amides is 1. The quantitative estimate of drug-likeness (QED) is 0.338. The molecule has 31 heavy (non-hydrogen) atoms. The number of phenolic OH excluding ortho intramolecular Hbond substituents is 2. The lowest BCUT2D eigenvalue weighted by molar-refractivity contribution is -0.384. The lowest BCUT2D eigenvalue weighted by Crippen LogP contribution is -2.37. The number of nitrogens with one attached hydrogen (secondary N) is 1. The van der Waals surface area contributed by atoms with Crippen LogP contribution >= 0.6 is 0 Å². The van der Waals surface area contributed by atoms with Crippen LogP contribution in [0, 0.1) is 10.1 Å². The lowest BCUT2D eigenvalue weighted by atomic mass is 10.1. The molecule has 0 bridgehead atoms. The third-order valence-electron chi connectivity index (χ3n) is 5.67. The van der Waals surface area contributed by atoms with Gasteiger partial charge in [-0.25, -0.2) is 5.01 Å². The average Bonchev–Trinajstić information content (AvgIpc) is 3.26. The molecule has 3 aromatic rings. The summed E-state index contributed by atoms with van der Waals surface area (Å²) in [7, 11) is 0. The third-order valence-corrected chi connectivity index (χ3v) is 5.67. The second-order valence-electron chi connectivity index (χ2n) is 7.50. The molecule has 5 rings (SSSR count). The number of hydrogen-bond donors (Lipinski definition) is 3. The smallest absolute Gasteiger partial charge is 0.269 e. The zero-order valence-corrected chi connectivity index (χ0v) is 16.2. The first-order chi connectivity index (χ1) is 14.9. The molecule has 1 amide bonds. The average molecular weight is 418 g/mol. The molecule has 0 aliphatic carbocycles. The highest BCUT2D eigenvalue weighted by atomic mass is 16.6. The molecule has 1 fully saturated rings. The van der Waals surface area contributed by atoms with Gasteiger partial charge >= 0.3 is 0 Å². The van der Waals surface area contributed by atoms with Crippen LogP contribution in [0.5, 0.6) is 11.5 Å². The maximum absolute atomic E-state index is 13.4. The van der Waals surface area contributed by atoms with E-state index in [4.69, 9.17) is 0 Å². The van der Waals surface area contributed by atoms with E-state index in [1.807, 2.05) is 29.2 Å². The molecular weight excluding hydrogens is 400 g/mol. The first-order valence-electron chi connectivity index (χ1n) is 9.66. The number of aromatic hydroxyl groups is 2. The fourth-order valence-electron chi connectivity index (χ4n) is 4.25. The van der Waals surface area contributed by atoms with Gasteiger partial charge < -0.3 is 15.1 Å². The number of para-hydroxylation sites is 1. The minimum atomic E-state index is -0.595. The number of anilines is 2. The highest BCUT2D eigenvalue weighted by Crippen LogP contribution is 2.46. The predicted octanol–water partition coefficient (Wildman–Crippen LogP) is 3.31. The zero-order chi connectivity index (χ0) is 21.7. The summed E-state index contributed by atoms with van der Waals surface area (Å²) in [4.78, 5) is 25.8. The lowest BCUT2D eigenvalue weighted by Gasteiger charge is -2.32. The van der Waals surface area contributed by atoms with Crippen LogP contribution < -0.4 is 10.3 Å². The van der Waals surface area contributed by atoms with Gasteiger partial charge in [-0.3, -0.25) is 20.3 Å². The number of fused-ring (bicyclic) bond motifs is 3. The Balaban J connectivity index is 1.57. The van der Waals surface area contributed by atoms with Crippen LogP contribution in [0.15, 0.2) is 66.7 Å². The third kappa shape index (κ3) is 2.98. The van der Waals surface area contributed by atoms with E-state index in [9.17, 15) is 25.1 Å². The van der Waals surface area contributed by atoms with Gasteiger partial charge in [0, 0.05) is 29.8 Å². The Morgan fingerprint density at radius 2 is 1.74 bits per heavy atom.